The number of nitrogens with zero attached hydrogens (tertiary/aromatic N) is 1. The molecule has 1 aromatic heterocycles. The lowest BCUT2D eigenvalue weighted by Gasteiger charge is -2.59. The number of rotatable bonds is 15. The van der Waals surface area contributed by atoms with Crippen molar-refractivity contribution >= 4 is 50.7 Å². The average molecular weight is 1070 g/mol. The highest BCUT2D eigenvalue weighted by Crippen LogP contribution is 2.60. The van der Waals surface area contributed by atoms with Gasteiger partial charge in [0.25, 0.3) is 0 Å². The van der Waals surface area contributed by atoms with Crippen LogP contribution in [0.3, 0.4) is 0 Å². The fraction of sp³-hybridized carbons (Fsp3) is 0.552. The summed E-state index contributed by atoms with van der Waals surface area (Å²) in [6.07, 6.45) is 11.4. The fourth-order valence-electron chi connectivity index (χ4n) is 14.4. The number of ether oxygens (including phenoxy) is 2. The van der Waals surface area contributed by atoms with Crippen LogP contribution in [0, 0.1) is 29.6 Å². The van der Waals surface area contributed by atoms with E-state index in [2.05, 4.69) is 10.6 Å². The first kappa shape index (κ1) is 53.5. The first-order chi connectivity index (χ1) is 36.2. The number of amides is 1. The molecule has 2 saturated carbocycles. The highest BCUT2D eigenvalue weighted by atomic mass is 33.1. The van der Waals surface area contributed by atoms with Gasteiger partial charge >= 0.3 is 11.6 Å². The molecule has 1 saturated heterocycles. The van der Waals surface area contributed by atoms with Gasteiger partial charge in [0.15, 0.2) is 11.2 Å². The predicted octanol–water partition coefficient (Wildman–Crippen LogP) is 5.55. The normalized spacial score (nSPS) is 31.0. The summed E-state index contributed by atoms with van der Waals surface area (Å²) >= 11 is 0. The molecular weight excluding hydrogens is 993 g/mol. The number of carbonyl (C=O) groups is 3. The Morgan fingerprint density at radius 3 is 2.60 bits per heavy atom. The van der Waals surface area contributed by atoms with Crippen LogP contribution in [-0.2, 0) is 37.4 Å². The van der Waals surface area contributed by atoms with Crippen molar-refractivity contribution in [1.82, 2.24) is 15.5 Å². The highest BCUT2D eigenvalue weighted by molar-refractivity contribution is 8.77. The van der Waals surface area contributed by atoms with Gasteiger partial charge in [-0.25, -0.2) is 9.59 Å². The van der Waals surface area contributed by atoms with E-state index in [1.54, 1.807) is 47.6 Å². The maximum Gasteiger partial charge on any atom is 0.340 e. The fourth-order valence-corrected chi connectivity index (χ4v) is 17.5. The molecule has 3 aromatic rings. The molecule has 75 heavy (non-hydrogen) atoms. The molecule has 15 nitrogen and oxygen atoms in total. The summed E-state index contributed by atoms with van der Waals surface area (Å²) in [5, 5.41) is 51.1. The van der Waals surface area contributed by atoms with Crippen molar-refractivity contribution in [2.24, 2.45) is 35.3 Å². The van der Waals surface area contributed by atoms with Crippen molar-refractivity contribution in [3.05, 3.63) is 122 Å². The average Bonchev–Trinajstić information content (AvgIpc) is 4.07. The molecule has 5 heterocycles. The number of hydrogen-bond acceptors (Lipinski definition) is 16. The number of nitrogens with two attached hydrogens (primary N) is 1. The minimum Gasteiger partial charge on any atom is -0.481 e. The third-order valence-electron chi connectivity index (χ3n) is 18.3. The van der Waals surface area contributed by atoms with Crippen LogP contribution >= 0.6 is 21.6 Å². The second-order valence-electron chi connectivity index (χ2n) is 22.2. The van der Waals surface area contributed by atoms with E-state index >= 15 is 0 Å². The molecule has 11 atom stereocenters. The molecule has 402 valence electrons. The topological polar surface area (TPSA) is 234 Å². The molecule has 0 bridgehead atoms. The molecule has 10 rings (SSSR count). The number of hydrogen-bond donors (Lipinski definition) is 7. The summed E-state index contributed by atoms with van der Waals surface area (Å²) in [6.45, 7) is 3.45. The van der Waals surface area contributed by atoms with Gasteiger partial charge < -0.3 is 60.4 Å². The van der Waals surface area contributed by atoms with Crippen molar-refractivity contribution in [3.63, 3.8) is 0 Å². The summed E-state index contributed by atoms with van der Waals surface area (Å²) in [7, 11) is 5.20. The monoisotopic (exact) mass is 1060 g/mol. The van der Waals surface area contributed by atoms with E-state index in [0.717, 1.165) is 47.0 Å². The van der Waals surface area contributed by atoms with E-state index in [1.165, 1.54) is 0 Å². The Balaban J connectivity index is 1.08. The smallest absolute Gasteiger partial charge is 0.340 e. The van der Waals surface area contributed by atoms with Crippen molar-refractivity contribution < 1.29 is 48.7 Å². The van der Waals surface area contributed by atoms with E-state index in [-0.39, 0.29) is 85.6 Å². The number of fused-ring (bicyclic) bond motifs is 5. The maximum atomic E-state index is 14.8. The van der Waals surface area contributed by atoms with Gasteiger partial charge in [-0.15, -0.1) is 0 Å². The Kier molecular flexibility index (Phi) is 15.6. The van der Waals surface area contributed by atoms with Crippen LogP contribution in [0.1, 0.15) is 88.3 Å². The number of nitrogens with one attached hydrogen (secondary N) is 2. The molecule has 17 heteroatoms. The molecule has 3 aliphatic carbocycles. The van der Waals surface area contributed by atoms with Gasteiger partial charge in [0.1, 0.15) is 17.6 Å². The lowest BCUT2D eigenvalue weighted by molar-refractivity contribution is -0.202. The number of aliphatic hydroxyl groups excluding tert-OH is 4. The standard InChI is InChI=1S/C58H72N4O11S2/c1-4-34(14-17-63)54(69)73-56(2)41(31-66)20-39-32-74-75-48-22-38(29-64)52(60-3)44-28-62(53(44)48)50(68)23-37-27-61-49(59)24-43(37)51(39)58(56)26-36-19-35-21-45(55(70)71-46(35)25-47(36)72-58)57(15-8-9-16-57)40(30-65)12-13-42(67)18-33-10-6-5-7-11-33/h4-7,10-11,19-21,24-25,29,38,40-42,44,48,51-53,60-61,63,65-67H,8-9,12-18,22-23,26-28,30-32,59H2,1-3H3/b34-4+/t38-,40+,41-,42+,44-,48-,51+,52+,53-,56-,58-/m1/s1. The maximum absolute atomic E-state index is 14.8. The number of esters is 1. The van der Waals surface area contributed by atoms with Gasteiger partial charge in [0.2, 0.25) is 5.91 Å². The molecule has 8 N–H and O–H groups in total. The number of dihydropyridines is 1. The zero-order valence-electron chi connectivity index (χ0n) is 43.1. The third kappa shape index (κ3) is 9.49. The number of allylic oxidation sites excluding steroid dienone is 2. The zero-order valence-corrected chi connectivity index (χ0v) is 44.8. The SMILES string of the molecule is C/C=C(\CCO)C(=O)O[C@]1(C)[C@@H](CO)C=C2CSS[C@@H]3C[C@H](C=O)[C@H](NC)[C@H]4CN(C(=O)CC5=C(C=C(N)NC5)[C@H]2[C@]12Cc1cc5cc(C6([C@H](CO)CC[C@H](O)Cc7ccccc7)CCCC6)c(=O)oc5cc1O2)[C@H]43. The second-order valence-corrected chi connectivity index (χ2v) is 24.8. The minimum atomic E-state index is -1.61. The van der Waals surface area contributed by atoms with Gasteiger partial charge in [0.05, 0.1) is 36.9 Å². The number of carbonyl (C=O) groups excluding carboxylic acids is 3. The van der Waals surface area contributed by atoms with E-state index < -0.39 is 52.8 Å². The first-order valence-electron chi connectivity index (χ1n) is 26.8. The molecule has 7 aliphatic rings. The Morgan fingerprint density at radius 2 is 1.89 bits per heavy atom. The summed E-state index contributed by atoms with van der Waals surface area (Å²) in [4.78, 5) is 58.3. The summed E-state index contributed by atoms with van der Waals surface area (Å²) < 4.78 is 20.6. The highest BCUT2D eigenvalue weighted by Gasteiger charge is 2.67. The van der Waals surface area contributed by atoms with Gasteiger partial charge in [-0.05, 0) is 106 Å². The van der Waals surface area contributed by atoms with Gasteiger partial charge in [-0.3, -0.25) is 4.79 Å². The van der Waals surface area contributed by atoms with Crippen LogP contribution in [0.4, 0.5) is 0 Å². The predicted molar refractivity (Wildman–Crippen MR) is 290 cm³/mol. The van der Waals surface area contributed by atoms with Crippen LogP contribution in [0.15, 0.2) is 104 Å². The Labute approximate surface area is 446 Å². The lowest BCUT2D eigenvalue weighted by Crippen LogP contribution is -2.71. The van der Waals surface area contributed by atoms with Gasteiger partial charge in [0, 0.05) is 102 Å². The first-order valence-corrected chi connectivity index (χ1v) is 29.2. The Hall–Kier alpha value is -4.88. The molecule has 1 spiro atoms. The van der Waals surface area contributed by atoms with E-state index in [0.29, 0.717) is 78.9 Å². The van der Waals surface area contributed by atoms with Crippen LogP contribution in [0.2, 0.25) is 0 Å². The molecule has 0 radical (unpaired) electrons. The number of aliphatic hydroxyl groups is 4. The van der Waals surface area contributed by atoms with Crippen molar-refractivity contribution in [1.29, 1.82) is 0 Å². The Bertz CT molecular complexity index is 2860. The van der Waals surface area contributed by atoms with E-state index in [9.17, 15) is 39.6 Å². The van der Waals surface area contributed by atoms with Gasteiger partial charge in [-0.1, -0.05) is 82.5 Å². The minimum absolute atomic E-state index is 0.0196. The molecular formula is C58H72N4O11S2. The zero-order chi connectivity index (χ0) is 52.8. The van der Waals surface area contributed by atoms with Crippen molar-refractivity contribution in [2.45, 2.75) is 125 Å². The molecule has 3 fully saturated rings. The second kappa shape index (κ2) is 21.9. The van der Waals surface area contributed by atoms with Gasteiger partial charge in [-0.2, -0.15) is 0 Å². The number of aldehydes is 1. The van der Waals surface area contributed by atoms with Crippen molar-refractivity contribution in [3.8, 4) is 5.75 Å². The molecule has 2 aromatic carbocycles. The molecule has 1 amide bonds. The van der Waals surface area contributed by atoms with E-state index in [4.69, 9.17) is 19.6 Å². The van der Waals surface area contributed by atoms with Crippen molar-refractivity contribution in [2.75, 3.05) is 45.7 Å². The third-order valence-corrected chi connectivity index (χ3v) is 21.1. The van der Waals surface area contributed by atoms with Crippen LogP contribution in [0.25, 0.3) is 11.0 Å². The quantitative estimate of drug-likeness (QED) is 0.0247. The van der Waals surface area contributed by atoms with Crippen LogP contribution in [0.5, 0.6) is 5.75 Å². The van der Waals surface area contributed by atoms with Crippen LogP contribution in [-0.4, -0.2) is 124 Å². The lowest BCUT2D eigenvalue weighted by atomic mass is 9.57. The number of benzene rings is 2. The van der Waals surface area contributed by atoms with E-state index in [1.807, 2.05) is 66.6 Å². The summed E-state index contributed by atoms with van der Waals surface area (Å²) in [6, 6.07) is 15.3. The largest absolute Gasteiger partial charge is 0.481 e. The molecule has 0 unspecified atom stereocenters. The Morgan fingerprint density at radius 1 is 1.11 bits per heavy atom. The molecule has 4 aliphatic heterocycles. The summed E-state index contributed by atoms with van der Waals surface area (Å²) in [5.41, 5.74) is 7.69. The summed E-state index contributed by atoms with van der Waals surface area (Å²) in [5.74, 6) is -1.34. The van der Waals surface area contributed by atoms with Crippen LogP contribution < -0.4 is 26.7 Å².